The van der Waals surface area contributed by atoms with Crippen LogP contribution in [-0.2, 0) is 46.4 Å². The van der Waals surface area contributed by atoms with Gasteiger partial charge in [-0.1, -0.05) is 564 Å². The largest absolute Gasteiger partial charge is 0.864 e. The van der Waals surface area contributed by atoms with Crippen molar-refractivity contribution in [3.8, 4) is 17.2 Å². The standard InChI is InChI=1S/C135H114BO3P9/c140-127(97-55-19-1-20-56-97,98-57-21-2-22-58-98)115-91-94-118(124(133(146,109-79-43-13-44-80-109)110-81-45-14-46-82-110)121(115)130(143,103-67-31-7-32-68-103)104-69-33-8-34-70-104)137-136(138-119-95-92-116(128(141,99-59-23-3-24-60-99)100-61-25-4-26-62-100)122(131(144,105-71-35-9-36-72-105)106-73-37-10-38-74-106)125(119)134(147,111-83-47-15-48-84-111)112-85-49-16-50-86-112)139-120-96-93-117(129(142,101-63-27-5-28-64-101)102-65-29-6-30-66-102)123(132(145,107-75-39-11-40-76-107)108-77-41-12-42-78-108)126(120)135(148,113-87-51-17-52-88-113)114-89-53-18-54-90-114/h1-96H,140-148H2. The molecule has 0 bridgehead atoms. The second-order valence-corrected chi connectivity index (χ2v) is 45.9. The second-order valence-electron chi connectivity index (χ2n) is 38.1. The monoisotopic (exact) mass is 2070 g/mol. The number of hydrogen-bond acceptors (Lipinski definition) is 3. The normalized spacial score (nSPS) is 12.2. The van der Waals surface area contributed by atoms with Crippen LogP contribution in [0.2, 0.25) is 0 Å². The number of rotatable bonds is 33. The zero-order chi connectivity index (χ0) is 101. The van der Waals surface area contributed by atoms with Gasteiger partial charge in [0.15, 0.2) is 0 Å². The average Bonchev–Trinajstić information content (AvgIpc) is 0.701. The fraction of sp³-hybridized carbons (Fsp3) is 0.0667. The van der Waals surface area contributed by atoms with Crippen molar-refractivity contribution in [1.29, 1.82) is 0 Å². The van der Waals surface area contributed by atoms with Crippen molar-refractivity contribution >= 4 is 90.5 Å². The molecule has 0 heterocycles. The molecule has 720 valence electrons. The summed E-state index contributed by atoms with van der Waals surface area (Å²) in [6, 6.07) is 211. The van der Waals surface area contributed by atoms with Gasteiger partial charge < -0.3 is 14.0 Å². The van der Waals surface area contributed by atoms with Gasteiger partial charge in [-0.3, -0.25) is 0 Å². The van der Waals surface area contributed by atoms with E-state index in [9.17, 15) is 0 Å². The first-order valence-electron chi connectivity index (χ1n) is 50.0. The number of benzene rings is 21. The molecule has 9 unspecified atom stereocenters. The summed E-state index contributed by atoms with van der Waals surface area (Å²) in [5.41, 5.74) is 26.2. The van der Waals surface area contributed by atoms with Crippen molar-refractivity contribution in [2.75, 3.05) is 0 Å². The molecule has 0 aliphatic rings. The molecule has 0 radical (unpaired) electrons. The van der Waals surface area contributed by atoms with Gasteiger partial charge in [-0.25, -0.2) is 0 Å². The highest BCUT2D eigenvalue weighted by atomic mass is 31.0. The van der Waals surface area contributed by atoms with Crippen LogP contribution < -0.4 is 14.0 Å². The summed E-state index contributed by atoms with van der Waals surface area (Å²) in [5, 5.41) is -10.4. The summed E-state index contributed by atoms with van der Waals surface area (Å²) in [6.07, 6.45) is 0. The first kappa shape index (κ1) is 101. The molecule has 0 N–H and O–H groups in total. The van der Waals surface area contributed by atoms with Crippen LogP contribution in [0.5, 0.6) is 17.2 Å². The molecule has 0 fully saturated rings. The topological polar surface area (TPSA) is 27.7 Å². The van der Waals surface area contributed by atoms with Gasteiger partial charge in [-0.15, -0.1) is 83.2 Å². The third kappa shape index (κ3) is 18.3. The summed E-state index contributed by atoms with van der Waals surface area (Å²) >= 11 is 0. The summed E-state index contributed by atoms with van der Waals surface area (Å²) < 4.78 is 27.4. The van der Waals surface area contributed by atoms with Crippen molar-refractivity contribution in [1.82, 2.24) is 0 Å². The molecule has 0 aliphatic carbocycles. The zero-order valence-electron chi connectivity index (χ0n) is 81.9. The Morgan fingerprint density at radius 3 is 0.311 bits per heavy atom. The summed E-state index contributed by atoms with van der Waals surface area (Å²) in [4.78, 5) is 0. The van der Waals surface area contributed by atoms with Crippen molar-refractivity contribution in [3.63, 3.8) is 0 Å². The molecule has 0 saturated carbocycles. The quantitative estimate of drug-likeness (QED) is 0.0233. The van der Waals surface area contributed by atoms with Gasteiger partial charge in [-0.05, 0) is 152 Å². The molecule has 3 nitrogen and oxygen atoms in total. The molecule has 0 spiro atoms. The second kappa shape index (κ2) is 43.6. The SMILES string of the molecule is PC(c1ccccc1)(c1ccccc1)c1ccc(OB(Oc2ccc(C(P)(c3ccccc3)c3ccccc3)c(C(P)(c3ccccc3)c3ccccc3)c2C(P)(c2ccccc2)c2ccccc2)Oc2ccc(C(P)(c3ccccc3)c3ccccc3)c(C(P)(c3ccccc3)c3ccccc3)c2C(P)(c2ccccc2)c2ccccc2)c(C(P)(c2ccccc2)c2ccccc2)c1C(P)(c1ccccc1)c1ccccc1. The van der Waals surface area contributed by atoms with Crippen LogP contribution in [0.15, 0.2) is 582 Å². The summed E-state index contributed by atoms with van der Waals surface area (Å²) in [6.45, 7) is 0. The van der Waals surface area contributed by atoms with E-state index in [1.165, 1.54) is 0 Å². The van der Waals surface area contributed by atoms with Gasteiger partial charge in [0.2, 0.25) is 0 Å². The minimum Gasteiger partial charge on any atom is -0.489 e. The first-order valence-corrected chi connectivity index (χ1v) is 55.2. The lowest BCUT2D eigenvalue weighted by atomic mass is 9.69. The van der Waals surface area contributed by atoms with E-state index in [1.54, 1.807) is 0 Å². The highest BCUT2D eigenvalue weighted by Crippen LogP contribution is 2.67. The van der Waals surface area contributed by atoms with Gasteiger partial charge in [0, 0.05) is 16.7 Å². The van der Waals surface area contributed by atoms with Crippen LogP contribution in [0.4, 0.5) is 0 Å². The smallest absolute Gasteiger partial charge is 0.489 e. The Labute approximate surface area is 893 Å². The molecule has 0 aromatic heterocycles. The fourth-order valence-corrected chi connectivity index (χ4v) is 28.5. The Morgan fingerprint density at radius 1 is 0.108 bits per heavy atom. The van der Waals surface area contributed by atoms with Gasteiger partial charge in [0.05, 0.1) is 46.4 Å². The Morgan fingerprint density at radius 2 is 0.203 bits per heavy atom. The van der Waals surface area contributed by atoms with E-state index < -0.39 is 53.7 Å². The maximum Gasteiger partial charge on any atom is 0.864 e. The van der Waals surface area contributed by atoms with Crippen LogP contribution in [0.25, 0.3) is 0 Å². The lowest BCUT2D eigenvalue weighted by Crippen LogP contribution is -2.42. The summed E-state index contributed by atoms with van der Waals surface area (Å²) in [5.74, 6) is 1.33. The first-order chi connectivity index (χ1) is 72.4. The van der Waals surface area contributed by atoms with Crippen LogP contribution in [0.3, 0.4) is 0 Å². The molecule has 21 rings (SSSR count). The Kier molecular flexibility index (Phi) is 29.7. The third-order valence-corrected chi connectivity index (χ3v) is 38.6. The lowest BCUT2D eigenvalue weighted by molar-refractivity contribution is 0.301. The van der Waals surface area contributed by atoms with Crippen molar-refractivity contribution in [2.45, 2.75) is 46.4 Å². The molecule has 21 aromatic carbocycles. The predicted octanol–water partition coefficient (Wildman–Crippen LogP) is 32.7. The van der Waals surface area contributed by atoms with Crippen LogP contribution >= 0.6 is 83.2 Å². The van der Waals surface area contributed by atoms with Crippen LogP contribution in [0.1, 0.15) is 150 Å². The lowest BCUT2D eigenvalue weighted by Gasteiger charge is -2.46. The van der Waals surface area contributed by atoms with Crippen LogP contribution in [-0.4, -0.2) is 7.32 Å². The van der Waals surface area contributed by atoms with Crippen molar-refractivity contribution in [2.24, 2.45) is 0 Å². The van der Waals surface area contributed by atoms with Crippen molar-refractivity contribution < 1.29 is 14.0 Å². The minimum atomic E-state index is -1.85. The zero-order valence-corrected chi connectivity index (χ0v) is 92.3. The third-order valence-electron chi connectivity index (χ3n) is 29.9. The van der Waals surface area contributed by atoms with Gasteiger partial charge in [0.1, 0.15) is 17.2 Å². The Balaban J connectivity index is 1.000. The summed E-state index contributed by atoms with van der Waals surface area (Å²) in [7, 11) is 30.2. The van der Waals surface area contributed by atoms with Crippen molar-refractivity contribution in [3.05, 3.63) is 733 Å². The molecule has 0 amide bonds. The molecular weight excluding hydrogens is 1960 g/mol. The van der Waals surface area contributed by atoms with E-state index in [4.69, 9.17) is 14.0 Å². The molecule has 0 aliphatic heterocycles. The van der Waals surface area contributed by atoms with Gasteiger partial charge >= 0.3 is 7.32 Å². The van der Waals surface area contributed by atoms with E-state index >= 15 is 0 Å². The average molecular weight is 2070 g/mol. The van der Waals surface area contributed by atoms with E-state index in [0.29, 0.717) is 17.2 Å². The molecule has 148 heavy (non-hydrogen) atoms. The van der Waals surface area contributed by atoms with E-state index in [2.05, 4.69) is 666 Å². The minimum absolute atomic E-state index is 0.444. The Hall–Kier alpha value is -13.0. The molecule has 13 heteroatoms. The molecule has 0 saturated heterocycles. The highest BCUT2D eigenvalue weighted by molar-refractivity contribution is 7.22. The predicted molar refractivity (Wildman–Crippen MR) is 649 cm³/mol. The maximum atomic E-state index is 9.14. The van der Waals surface area contributed by atoms with E-state index in [0.717, 1.165) is 150 Å². The molecule has 9 atom stereocenters. The molecular formula is C135H114BO3P9. The Bertz CT molecular complexity index is 6940. The van der Waals surface area contributed by atoms with E-state index in [-0.39, 0.29) is 0 Å². The molecule has 21 aromatic rings. The van der Waals surface area contributed by atoms with E-state index in [1.807, 2.05) is 0 Å². The van der Waals surface area contributed by atoms with Gasteiger partial charge in [-0.2, -0.15) is 0 Å². The highest BCUT2D eigenvalue weighted by Gasteiger charge is 2.55. The maximum absolute atomic E-state index is 9.14. The van der Waals surface area contributed by atoms with Gasteiger partial charge in [0.25, 0.3) is 0 Å². The van der Waals surface area contributed by atoms with Crippen LogP contribution in [0, 0.1) is 0 Å². The fourth-order valence-electron chi connectivity index (χ4n) is 22.6. The number of hydrogen-bond donors (Lipinski definition) is 0.